The molecule has 0 spiro atoms. The summed E-state index contributed by atoms with van der Waals surface area (Å²) in [7, 11) is 0. The number of para-hydroxylation sites is 1. The molecule has 0 bridgehead atoms. The van der Waals surface area contributed by atoms with Crippen molar-refractivity contribution in [1.29, 1.82) is 5.26 Å². The summed E-state index contributed by atoms with van der Waals surface area (Å²) in [4.78, 5) is 4.18. The molecule has 2 aromatic rings. The smallest absolute Gasteiger partial charge is 0.101 e. The van der Waals surface area contributed by atoms with Gasteiger partial charge in [-0.2, -0.15) is 5.26 Å². The molecule has 2 N–H and O–H groups in total. The SMILES string of the molecule is N#Cc1ccc(-c2ccccc2N)nc1. The summed E-state index contributed by atoms with van der Waals surface area (Å²) in [6.45, 7) is 0. The van der Waals surface area contributed by atoms with Gasteiger partial charge in [-0.05, 0) is 18.2 Å². The van der Waals surface area contributed by atoms with Gasteiger partial charge in [-0.3, -0.25) is 4.98 Å². The van der Waals surface area contributed by atoms with Crippen molar-refractivity contribution < 1.29 is 0 Å². The average Bonchev–Trinajstić information content (AvgIpc) is 2.30. The van der Waals surface area contributed by atoms with Gasteiger partial charge >= 0.3 is 0 Å². The lowest BCUT2D eigenvalue weighted by atomic mass is 10.1. The number of nitrogens with zero attached hydrogens (tertiary/aromatic N) is 2. The standard InChI is InChI=1S/C12H9N3/c13-7-9-5-6-12(15-8-9)10-3-1-2-4-11(10)14/h1-6,8H,14H2. The fourth-order valence-corrected chi connectivity index (χ4v) is 1.35. The van der Waals surface area contributed by atoms with E-state index < -0.39 is 0 Å². The van der Waals surface area contributed by atoms with E-state index in [-0.39, 0.29) is 0 Å². The maximum absolute atomic E-state index is 8.64. The maximum Gasteiger partial charge on any atom is 0.101 e. The van der Waals surface area contributed by atoms with Crippen molar-refractivity contribution in [2.24, 2.45) is 0 Å². The molecule has 0 amide bonds. The van der Waals surface area contributed by atoms with E-state index in [0.29, 0.717) is 11.3 Å². The van der Waals surface area contributed by atoms with Crippen LogP contribution in [0.1, 0.15) is 5.56 Å². The van der Waals surface area contributed by atoms with Gasteiger partial charge in [0.2, 0.25) is 0 Å². The quantitative estimate of drug-likeness (QED) is 0.709. The van der Waals surface area contributed by atoms with E-state index >= 15 is 0 Å². The van der Waals surface area contributed by atoms with Gasteiger partial charge in [0, 0.05) is 17.4 Å². The number of pyridine rings is 1. The van der Waals surface area contributed by atoms with Crippen LogP contribution in [0.25, 0.3) is 11.3 Å². The highest BCUT2D eigenvalue weighted by atomic mass is 14.7. The van der Waals surface area contributed by atoms with Gasteiger partial charge in [-0.25, -0.2) is 0 Å². The van der Waals surface area contributed by atoms with Crippen LogP contribution < -0.4 is 5.73 Å². The molecule has 15 heavy (non-hydrogen) atoms. The molecular formula is C12H9N3. The van der Waals surface area contributed by atoms with Crippen molar-refractivity contribution >= 4 is 5.69 Å². The van der Waals surface area contributed by atoms with Crippen LogP contribution in [0.2, 0.25) is 0 Å². The zero-order valence-electron chi connectivity index (χ0n) is 8.01. The van der Waals surface area contributed by atoms with Crippen molar-refractivity contribution in [1.82, 2.24) is 4.98 Å². The molecule has 1 aromatic carbocycles. The van der Waals surface area contributed by atoms with E-state index in [4.69, 9.17) is 11.0 Å². The van der Waals surface area contributed by atoms with Gasteiger partial charge in [-0.15, -0.1) is 0 Å². The Bertz CT molecular complexity index is 509. The van der Waals surface area contributed by atoms with Crippen LogP contribution in [0, 0.1) is 11.3 Å². The Morgan fingerprint density at radius 3 is 2.53 bits per heavy atom. The van der Waals surface area contributed by atoms with E-state index in [9.17, 15) is 0 Å². The summed E-state index contributed by atoms with van der Waals surface area (Å²) in [6.07, 6.45) is 1.54. The van der Waals surface area contributed by atoms with Gasteiger partial charge in [0.25, 0.3) is 0 Å². The molecule has 0 aliphatic carbocycles. The lowest BCUT2D eigenvalue weighted by Gasteiger charge is -2.03. The summed E-state index contributed by atoms with van der Waals surface area (Å²) in [5.41, 5.74) is 8.73. The molecule has 0 aliphatic rings. The molecule has 1 heterocycles. The van der Waals surface area contributed by atoms with Gasteiger partial charge in [0.1, 0.15) is 6.07 Å². The number of benzene rings is 1. The van der Waals surface area contributed by atoms with Crippen LogP contribution in [0.15, 0.2) is 42.6 Å². The molecule has 72 valence electrons. The lowest BCUT2D eigenvalue weighted by Crippen LogP contribution is -1.91. The maximum atomic E-state index is 8.64. The number of anilines is 1. The number of nitrogens with two attached hydrogens (primary N) is 1. The molecule has 3 heteroatoms. The Morgan fingerprint density at radius 1 is 1.13 bits per heavy atom. The summed E-state index contributed by atoms with van der Waals surface area (Å²) in [5, 5.41) is 8.64. The molecule has 0 unspecified atom stereocenters. The minimum absolute atomic E-state index is 0.549. The Labute approximate surface area is 87.8 Å². The second-order valence-electron chi connectivity index (χ2n) is 3.13. The van der Waals surface area contributed by atoms with Gasteiger partial charge in [0.05, 0.1) is 11.3 Å². The first-order chi connectivity index (χ1) is 7.31. The Hall–Kier alpha value is -2.34. The molecule has 0 aliphatic heterocycles. The van der Waals surface area contributed by atoms with Crippen molar-refractivity contribution in [3.05, 3.63) is 48.2 Å². The molecule has 1 aromatic heterocycles. The third kappa shape index (κ3) is 1.79. The largest absolute Gasteiger partial charge is 0.398 e. The van der Waals surface area contributed by atoms with E-state index in [2.05, 4.69) is 4.98 Å². The minimum Gasteiger partial charge on any atom is -0.398 e. The van der Waals surface area contributed by atoms with Crippen molar-refractivity contribution in [3.8, 4) is 17.3 Å². The zero-order chi connectivity index (χ0) is 10.7. The van der Waals surface area contributed by atoms with Crippen LogP contribution in [0.3, 0.4) is 0 Å². The fraction of sp³-hybridized carbons (Fsp3) is 0. The fourth-order valence-electron chi connectivity index (χ4n) is 1.35. The summed E-state index contributed by atoms with van der Waals surface area (Å²) < 4.78 is 0. The van der Waals surface area contributed by atoms with Crippen LogP contribution >= 0.6 is 0 Å². The number of nitrogen functional groups attached to an aromatic ring is 1. The highest BCUT2D eigenvalue weighted by molar-refractivity contribution is 5.73. The number of hydrogen-bond donors (Lipinski definition) is 1. The van der Waals surface area contributed by atoms with Crippen LogP contribution in [0.5, 0.6) is 0 Å². The number of aromatic nitrogens is 1. The Kier molecular flexibility index (Phi) is 2.34. The van der Waals surface area contributed by atoms with Gasteiger partial charge in [-0.1, -0.05) is 18.2 Å². The number of nitriles is 1. The molecule has 0 fully saturated rings. The molecule has 0 saturated carbocycles. The second-order valence-corrected chi connectivity index (χ2v) is 3.13. The normalized spacial score (nSPS) is 9.53. The number of hydrogen-bond acceptors (Lipinski definition) is 3. The molecule has 2 rings (SSSR count). The Balaban J connectivity index is 2.47. The third-order valence-corrected chi connectivity index (χ3v) is 2.13. The topological polar surface area (TPSA) is 62.7 Å². The van der Waals surface area contributed by atoms with E-state index in [0.717, 1.165) is 11.3 Å². The highest BCUT2D eigenvalue weighted by Crippen LogP contribution is 2.23. The van der Waals surface area contributed by atoms with E-state index in [1.165, 1.54) is 0 Å². The van der Waals surface area contributed by atoms with Crippen molar-refractivity contribution in [2.45, 2.75) is 0 Å². The minimum atomic E-state index is 0.549. The van der Waals surface area contributed by atoms with E-state index in [1.807, 2.05) is 30.3 Å². The summed E-state index contributed by atoms with van der Waals surface area (Å²) in [5.74, 6) is 0. The Morgan fingerprint density at radius 2 is 1.93 bits per heavy atom. The first-order valence-corrected chi connectivity index (χ1v) is 4.52. The zero-order valence-corrected chi connectivity index (χ0v) is 8.01. The first-order valence-electron chi connectivity index (χ1n) is 4.52. The van der Waals surface area contributed by atoms with Crippen LogP contribution in [-0.2, 0) is 0 Å². The van der Waals surface area contributed by atoms with Gasteiger partial charge in [0.15, 0.2) is 0 Å². The van der Waals surface area contributed by atoms with E-state index in [1.54, 1.807) is 18.3 Å². The predicted molar refractivity (Wildman–Crippen MR) is 58.8 cm³/mol. The average molecular weight is 195 g/mol. The third-order valence-electron chi connectivity index (χ3n) is 2.13. The van der Waals surface area contributed by atoms with Crippen LogP contribution in [0.4, 0.5) is 5.69 Å². The summed E-state index contributed by atoms with van der Waals surface area (Å²) in [6, 6.07) is 13.1. The second kappa shape index (κ2) is 3.81. The molecule has 0 saturated heterocycles. The summed E-state index contributed by atoms with van der Waals surface area (Å²) >= 11 is 0. The molecular weight excluding hydrogens is 186 g/mol. The predicted octanol–water partition coefficient (Wildman–Crippen LogP) is 2.20. The van der Waals surface area contributed by atoms with Crippen molar-refractivity contribution in [2.75, 3.05) is 5.73 Å². The van der Waals surface area contributed by atoms with Gasteiger partial charge < -0.3 is 5.73 Å². The highest BCUT2D eigenvalue weighted by Gasteiger charge is 2.02. The van der Waals surface area contributed by atoms with Crippen molar-refractivity contribution in [3.63, 3.8) is 0 Å². The molecule has 3 nitrogen and oxygen atoms in total. The number of rotatable bonds is 1. The molecule has 0 radical (unpaired) electrons. The molecule has 0 atom stereocenters. The monoisotopic (exact) mass is 195 g/mol. The van der Waals surface area contributed by atoms with Crippen LogP contribution in [-0.4, -0.2) is 4.98 Å². The first kappa shape index (κ1) is 9.22. The lowest BCUT2D eigenvalue weighted by molar-refractivity contribution is 1.30.